The van der Waals surface area contributed by atoms with Crippen molar-refractivity contribution in [3.63, 3.8) is 0 Å². The number of aliphatic hydroxyl groups excluding tert-OH is 1. The van der Waals surface area contributed by atoms with Crippen LogP contribution in [-0.2, 0) is 22.2 Å². The van der Waals surface area contributed by atoms with Gasteiger partial charge in [-0.2, -0.15) is 0 Å². The average molecular weight is 672 g/mol. The van der Waals surface area contributed by atoms with Crippen LogP contribution < -0.4 is 14.4 Å². The molecule has 2 aliphatic heterocycles. The summed E-state index contributed by atoms with van der Waals surface area (Å²) >= 11 is 6.42. The van der Waals surface area contributed by atoms with Crippen LogP contribution in [0.1, 0.15) is 73.9 Å². The molecule has 2 aromatic carbocycles. The third kappa shape index (κ3) is 8.15. The Kier molecular flexibility index (Phi) is 12.7. The van der Waals surface area contributed by atoms with Crippen LogP contribution >= 0.6 is 11.6 Å². The molecule has 2 amide bonds. The SMILES string of the molecule is CCCc1cc(Cl)ccc1C1COc2ccc3cc2N(C1)CC1CCC1C(C(=O)N(C)C)/C=C/CC(C)C(C)S(=O)NC3=O.CO. The van der Waals surface area contributed by atoms with Gasteiger partial charge in [0.25, 0.3) is 5.91 Å². The monoisotopic (exact) mass is 671 g/mol. The summed E-state index contributed by atoms with van der Waals surface area (Å²) in [4.78, 5) is 30.9. The second-order valence-electron chi connectivity index (χ2n) is 13.0. The zero-order valence-electron chi connectivity index (χ0n) is 28.0. The number of nitrogens with zero attached hydrogens (tertiary/aromatic N) is 2. The number of halogens is 1. The number of anilines is 1. The topological polar surface area (TPSA) is 99.2 Å². The average Bonchev–Trinajstić information content (AvgIpc) is 3.21. The third-order valence-corrected chi connectivity index (χ3v) is 11.6. The molecule has 10 heteroatoms. The van der Waals surface area contributed by atoms with Gasteiger partial charge in [0.1, 0.15) is 16.7 Å². The Balaban J connectivity index is 0.00000235. The maximum absolute atomic E-state index is 13.5. The molecule has 2 bridgehead atoms. The van der Waals surface area contributed by atoms with Crippen LogP contribution in [0, 0.1) is 23.7 Å². The molecule has 7 atom stereocenters. The summed E-state index contributed by atoms with van der Waals surface area (Å²) in [5, 5.41) is 7.48. The highest BCUT2D eigenvalue weighted by Gasteiger charge is 2.41. The summed E-state index contributed by atoms with van der Waals surface area (Å²) in [5.41, 5.74) is 3.80. The number of rotatable bonds is 4. The molecule has 2 heterocycles. The first-order chi connectivity index (χ1) is 22.1. The predicted octanol–water partition coefficient (Wildman–Crippen LogP) is 5.99. The zero-order chi connectivity index (χ0) is 33.5. The van der Waals surface area contributed by atoms with E-state index in [0.717, 1.165) is 55.8 Å². The maximum atomic E-state index is 13.5. The Morgan fingerprint density at radius 3 is 2.57 bits per heavy atom. The van der Waals surface area contributed by atoms with E-state index < -0.39 is 11.0 Å². The number of hydrogen-bond donors (Lipinski definition) is 2. The first-order valence-corrected chi connectivity index (χ1v) is 18.0. The molecule has 1 saturated carbocycles. The quantitative estimate of drug-likeness (QED) is 0.388. The van der Waals surface area contributed by atoms with Crippen molar-refractivity contribution < 1.29 is 23.6 Å². The van der Waals surface area contributed by atoms with Crippen molar-refractivity contribution in [2.75, 3.05) is 45.8 Å². The van der Waals surface area contributed by atoms with Crippen LogP contribution in [0.15, 0.2) is 48.6 Å². The Bertz CT molecular complexity index is 1430. The highest BCUT2D eigenvalue weighted by Crippen LogP contribution is 2.44. The van der Waals surface area contributed by atoms with Gasteiger partial charge in [-0.3, -0.25) is 14.3 Å². The zero-order valence-corrected chi connectivity index (χ0v) is 29.6. The molecule has 0 saturated heterocycles. The number of carbonyl (C=O) groups excluding carboxylic acids is 2. The number of hydrogen-bond acceptors (Lipinski definition) is 6. The minimum atomic E-state index is -1.56. The molecular weight excluding hydrogens is 622 g/mol. The standard InChI is InChI=1S/C35H46ClN3O4S.CH4O/c1-6-8-24-17-28(36)13-15-29(24)27-20-39-19-26-11-14-30(26)31(35(41)38(4)5)10-7-9-22(2)23(3)44(42)37-34(40)25-12-16-33(43-21-27)32(39)18-25;1-2/h7,10,12-13,15-18,22-23,26-27,30-31H,6,8-9,11,14,19-21H2,1-5H3,(H,37,40);2H,1H3/b10-7+;. The summed E-state index contributed by atoms with van der Waals surface area (Å²) in [6.07, 6.45) is 8.84. The van der Waals surface area contributed by atoms with Crippen LogP contribution in [-0.4, -0.2) is 72.2 Å². The molecule has 0 spiro atoms. The summed E-state index contributed by atoms with van der Waals surface area (Å²) in [6, 6.07) is 11.7. The molecule has 5 rings (SSSR count). The number of aliphatic hydroxyl groups is 1. The number of nitrogens with one attached hydrogen (secondary N) is 1. The lowest BCUT2D eigenvalue weighted by atomic mass is 9.66. The minimum absolute atomic E-state index is 0.0610. The van der Waals surface area contributed by atoms with E-state index in [-0.39, 0.29) is 40.7 Å². The lowest BCUT2D eigenvalue weighted by Gasteiger charge is -2.44. The number of ether oxygens (including phenoxy) is 1. The Morgan fingerprint density at radius 1 is 1.13 bits per heavy atom. The van der Waals surface area contributed by atoms with Crippen molar-refractivity contribution in [3.05, 3.63) is 70.3 Å². The molecule has 8 nitrogen and oxygen atoms in total. The fourth-order valence-electron chi connectivity index (χ4n) is 6.82. The molecule has 1 aliphatic carbocycles. The number of carbonyl (C=O) groups is 2. The maximum Gasteiger partial charge on any atom is 0.263 e. The molecule has 2 N–H and O–H groups in total. The van der Waals surface area contributed by atoms with Crippen LogP contribution in [0.5, 0.6) is 5.75 Å². The number of amides is 2. The smallest absolute Gasteiger partial charge is 0.263 e. The van der Waals surface area contributed by atoms with Crippen molar-refractivity contribution >= 4 is 40.1 Å². The van der Waals surface area contributed by atoms with E-state index in [0.29, 0.717) is 31.1 Å². The van der Waals surface area contributed by atoms with Crippen LogP contribution in [0.4, 0.5) is 5.69 Å². The first kappa shape index (κ1) is 36.0. The largest absolute Gasteiger partial charge is 0.491 e. The van der Waals surface area contributed by atoms with Crippen molar-refractivity contribution in [3.8, 4) is 5.75 Å². The lowest BCUT2D eigenvalue weighted by Crippen LogP contribution is -2.46. The Labute approximate surface area is 282 Å². The van der Waals surface area contributed by atoms with E-state index in [9.17, 15) is 13.8 Å². The second kappa shape index (κ2) is 16.3. The molecule has 0 aromatic heterocycles. The van der Waals surface area contributed by atoms with Gasteiger partial charge in [-0.05, 0) is 91.8 Å². The molecule has 252 valence electrons. The van der Waals surface area contributed by atoms with Crippen LogP contribution in [0.2, 0.25) is 5.02 Å². The van der Waals surface area contributed by atoms with Gasteiger partial charge in [-0.25, -0.2) is 4.21 Å². The number of allylic oxidation sites excluding steroid dienone is 1. The van der Waals surface area contributed by atoms with E-state index in [2.05, 4.69) is 40.8 Å². The number of fused-ring (bicyclic) bond motifs is 2. The van der Waals surface area contributed by atoms with Gasteiger partial charge >= 0.3 is 0 Å². The highest BCUT2D eigenvalue weighted by molar-refractivity contribution is 7.84. The summed E-state index contributed by atoms with van der Waals surface area (Å²) < 4.78 is 22.4. The van der Waals surface area contributed by atoms with Gasteiger partial charge < -0.3 is 19.6 Å². The van der Waals surface area contributed by atoms with Crippen molar-refractivity contribution in [1.82, 2.24) is 9.62 Å². The van der Waals surface area contributed by atoms with E-state index in [1.165, 1.54) is 11.1 Å². The van der Waals surface area contributed by atoms with Gasteiger partial charge in [0, 0.05) is 50.8 Å². The molecule has 7 unspecified atom stereocenters. The molecule has 0 radical (unpaired) electrons. The third-order valence-electron chi connectivity index (χ3n) is 9.81. The van der Waals surface area contributed by atoms with Gasteiger partial charge in [-0.15, -0.1) is 0 Å². The molecule has 2 aromatic rings. The summed E-state index contributed by atoms with van der Waals surface area (Å²) in [5.74, 6) is 0.989. The predicted molar refractivity (Wildman–Crippen MR) is 187 cm³/mol. The van der Waals surface area contributed by atoms with E-state index in [4.69, 9.17) is 21.4 Å². The van der Waals surface area contributed by atoms with E-state index in [1.807, 2.05) is 46.1 Å². The van der Waals surface area contributed by atoms with Crippen molar-refractivity contribution in [2.24, 2.45) is 23.7 Å². The molecule has 46 heavy (non-hydrogen) atoms. The molecular formula is C36H50ClN3O5S. The van der Waals surface area contributed by atoms with Gasteiger partial charge in [0.15, 0.2) is 0 Å². The summed E-state index contributed by atoms with van der Waals surface area (Å²) in [6.45, 7) is 8.08. The van der Waals surface area contributed by atoms with E-state index in [1.54, 1.807) is 11.0 Å². The normalized spacial score (nSPS) is 28.6. The number of benzene rings is 2. The molecule has 3 aliphatic rings. The first-order valence-electron chi connectivity index (χ1n) is 16.4. The van der Waals surface area contributed by atoms with Gasteiger partial charge in [0.2, 0.25) is 5.91 Å². The van der Waals surface area contributed by atoms with Gasteiger partial charge in [-0.1, -0.05) is 50.1 Å². The fourth-order valence-corrected chi connectivity index (χ4v) is 8.04. The van der Waals surface area contributed by atoms with Crippen molar-refractivity contribution in [1.29, 1.82) is 0 Å². The van der Waals surface area contributed by atoms with E-state index >= 15 is 0 Å². The number of aryl methyl sites for hydroxylation is 1. The summed E-state index contributed by atoms with van der Waals surface area (Å²) in [7, 11) is 3.09. The second-order valence-corrected chi connectivity index (χ2v) is 15.0. The Hall–Kier alpha value is -2.88. The highest BCUT2D eigenvalue weighted by atomic mass is 35.5. The minimum Gasteiger partial charge on any atom is -0.491 e. The van der Waals surface area contributed by atoms with Gasteiger partial charge in [0.05, 0.1) is 23.5 Å². The molecule has 1 fully saturated rings. The van der Waals surface area contributed by atoms with Crippen LogP contribution in [0.3, 0.4) is 0 Å². The fraction of sp³-hybridized carbons (Fsp3) is 0.556. The van der Waals surface area contributed by atoms with Crippen molar-refractivity contribution in [2.45, 2.75) is 64.0 Å². The Morgan fingerprint density at radius 2 is 1.89 bits per heavy atom. The van der Waals surface area contributed by atoms with Crippen LogP contribution in [0.25, 0.3) is 0 Å². The lowest BCUT2D eigenvalue weighted by molar-refractivity contribution is -0.135.